The van der Waals surface area contributed by atoms with E-state index in [1.165, 1.54) is 22.5 Å². The van der Waals surface area contributed by atoms with Gasteiger partial charge in [0.05, 0.1) is 17.2 Å². The zero-order valence-corrected chi connectivity index (χ0v) is 13.6. The predicted molar refractivity (Wildman–Crippen MR) is 84.0 cm³/mol. The third-order valence-corrected chi connectivity index (χ3v) is 4.95. The summed E-state index contributed by atoms with van der Waals surface area (Å²) in [6.45, 7) is 1.63. The minimum absolute atomic E-state index is 0.297. The van der Waals surface area contributed by atoms with Crippen LogP contribution in [0.25, 0.3) is 11.0 Å². The first-order valence-corrected chi connectivity index (χ1v) is 8.54. The van der Waals surface area contributed by atoms with Gasteiger partial charge in [0.15, 0.2) is 5.16 Å². The molecule has 1 N–H and O–H groups in total. The number of pyridine rings is 1. The molecule has 0 unspecified atom stereocenters. The topological polar surface area (TPSA) is 68.0 Å². The fourth-order valence-corrected chi connectivity index (χ4v) is 3.54. The molecule has 2 aromatic heterocycles. The van der Waals surface area contributed by atoms with Crippen molar-refractivity contribution in [3.63, 3.8) is 0 Å². The number of alkyl halides is 2. The Hall–Kier alpha value is -1.54. The van der Waals surface area contributed by atoms with Crippen LogP contribution in [0.5, 0.6) is 0 Å². The maximum absolute atomic E-state index is 13.2. The van der Waals surface area contributed by atoms with Gasteiger partial charge in [-0.05, 0) is 38.5 Å². The molecular formula is C15H17F2N3O2S. The highest BCUT2D eigenvalue weighted by molar-refractivity contribution is 7.98. The van der Waals surface area contributed by atoms with Crippen molar-refractivity contribution in [2.75, 3.05) is 6.26 Å². The molecule has 1 fully saturated rings. The monoisotopic (exact) mass is 341 g/mol. The van der Waals surface area contributed by atoms with E-state index in [0.717, 1.165) is 12.5 Å². The summed E-state index contributed by atoms with van der Waals surface area (Å²) in [6, 6.07) is 0.577. The van der Waals surface area contributed by atoms with Crippen LogP contribution in [0.1, 0.15) is 44.2 Å². The van der Waals surface area contributed by atoms with Gasteiger partial charge in [-0.1, -0.05) is 11.8 Å². The maximum atomic E-state index is 13.2. The number of halogens is 2. The molecule has 0 aliphatic heterocycles. The summed E-state index contributed by atoms with van der Waals surface area (Å²) in [5.41, 5.74) is -2.20. The standard InChI is InChI=1S/C15H17F2N3O2S/c1-15(22)5-3-4-10(15)20-12-8(7-18-14(19-12)23-2)6-9(11(16)17)13(20)21/h6-7,10-11,22H,3-5H2,1-2H3/t10-,15-/m0/s1. The van der Waals surface area contributed by atoms with Crippen molar-refractivity contribution in [2.24, 2.45) is 0 Å². The number of rotatable bonds is 3. The molecular weight excluding hydrogens is 324 g/mol. The van der Waals surface area contributed by atoms with Gasteiger partial charge in [0.25, 0.3) is 12.0 Å². The maximum Gasteiger partial charge on any atom is 0.269 e. The van der Waals surface area contributed by atoms with Gasteiger partial charge in [0, 0.05) is 11.6 Å². The van der Waals surface area contributed by atoms with Crippen LogP contribution in [-0.2, 0) is 0 Å². The van der Waals surface area contributed by atoms with Gasteiger partial charge in [-0.2, -0.15) is 0 Å². The van der Waals surface area contributed by atoms with E-state index in [0.29, 0.717) is 29.0 Å². The summed E-state index contributed by atoms with van der Waals surface area (Å²) in [4.78, 5) is 21.0. The zero-order chi connectivity index (χ0) is 16.8. The number of hydrogen-bond donors (Lipinski definition) is 1. The highest BCUT2D eigenvalue weighted by Gasteiger charge is 2.40. The van der Waals surface area contributed by atoms with Crippen LogP contribution < -0.4 is 5.56 Å². The summed E-state index contributed by atoms with van der Waals surface area (Å²) < 4.78 is 27.7. The third kappa shape index (κ3) is 2.74. The van der Waals surface area contributed by atoms with Gasteiger partial charge in [0.2, 0.25) is 0 Å². The first kappa shape index (κ1) is 16.3. The molecule has 2 aromatic rings. The van der Waals surface area contributed by atoms with E-state index < -0.39 is 29.2 Å². The largest absolute Gasteiger partial charge is 0.388 e. The van der Waals surface area contributed by atoms with Crippen LogP contribution in [0.15, 0.2) is 22.2 Å². The van der Waals surface area contributed by atoms with E-state index >= 15 is 0 Å². The van der Waals surface area contributed by atoms with E-state index in [4.69, 9.17) is 0 Å². The van der Waals surface area contributed by atoms with Crippen LogP contribution in [0, 0.1) is 0 Å². The SMILES string of the molecule is CSc1ncc2cc(C(F)F)c(=O)n([C@H]3CCC[C@]3(C)O)c2n1. The van der Waals surface area contributed by atoms with Crippen LogP contribution in [0.2, 0.25) is 0 Å². The Kier molecular flexibility index (Phi) is 4.14. The predicted octanol–water partition coefficient (Wildman–Crippen LogP) is 2.93. The summed E-state index contributed by atoms with van der Waals surface area (Å²) >= 11 is 1.30. The summed E-state index contributed by atoms with van der Waals surface area (Å²) in [5.74, 6) is 0. The van der Waals surface area contributed by atoms with Gasteiger partial charge >= 0.3 is 0 Å². The van der Waals surface area contributed by atoms with Crippen LogP contribution in [-0.4, -0.2) is 31.5 Å². The number of nitrogens with zero attached hydrogens (tertiary/aromatic N) is 3. The molecule has 1 saturated carbocycles. The van der Waals surface area contributed by atoms with Gasteiger partial charge in [-0.3, -0.25) is 9.36 Å². The number of aromatic nitrogens is 3. The lowest BCUT2D eigenvalue weighted by molar-refractivity contribution is 0.0261. The van der Waals surface area contributed by atoms with E-state index in [-0.39, 0.29) is 0 Å². The van der Waals surface area contributed by atoms with Gasteiger partial charge in [-0.15, -0.1) is 0 Å². The quantitative estimate of drug-likeness (QED) is 0.687. The van der Waals surface area contributed by atoms with Crippen molar-refractivity contribution in [2.45, 2.75) is 49.4 Å². The smallest absolute Gasteiger partial charge is 0.269 e. The Morgan fingerprint density at radius 1 is 1.52 bits per heavy atom. The molecule has 23 heavy (non-hydrogen) atoms. The molecule has 0 radical (unpaired) electrons. The van der Waals surface area contributed by atoms with Crippen molar-refractivity contribution in [3.8, 4) is 0 Å². The second-order valence-corrected chi connectivity index (χ2v) is 6.75. The lowest BCUT2D eigenvalue weighted by atomic mass is 9.99. The highest BCUT2D eigenvalue weighted by Crippen LogP contribution is 2.39. The molecule has 1 aliphatic rings. The molecule has 3 rings (SSSR count). The summed E-state index contributed by atoms with van der Waals surface area (Å²) in [5, 5.41) is 11.4. The Balaban J connectivity index is 2.35. The molecule has 2 heterocycles. The van der Waals surface area contributed by atoms with Crippen molar-refractivity contribution in [1.82, 2.24) is 14.5 Å². The molecule has 5 nitrogen and oxygen atoms in total. The number of hydrogen-bond acceptors (Lipinski definition) is 5. The highest BCUT2D eigenvalue weighted by atomic mass is 32.2. The molecule has 0 spiro atoms. The molecule has 0 aromatic carbocycles. The molecule has 1 aliphatic carbocycles. The normalized spacial score (nSPS) is 24.7. The lowest BCUT2D eigenvalue weighted by Gasteiger charge is -2.28. The van der Waals surface area contributed by atoms with Crippen LogP contribution >= 0.6 is 11.8 Å². The average Bonchev–Trinajstić information content (AvgIpc) is 2.85. The first-order valence-electron chi connectivity index (χ1n) is 7.32. The Morgan fingerprint density at radius 2 is 2.26 bits per heavy atom. The fraction of sp³-hybridized carbons (Fsp3) is 0.533. The van der Waals surface area contributed by atoms with E-state index in [1.807, 2.05) is 0 Å². The average molecular weight is 341 g/mol. The minimum atomic E-state index is -2.88. The number of fused-ring (bicyclic) bond motifs is 1. The number of thioether (sulfide) groups is 1. The van der Waals surface area contributed by atoms with Crippen LogP contribution in [0.3, 0.4) is 0 Å². The molecule has 2 atom stereocenters. The first-order chi connectivity index (χ1) is 10.8. The fourth-order valence-electron chi connectivity index (χ4n) is 3.21. The summed E-state index contributed by atoms with van der Waals surface area (Å²) in [7, 11) is 0. The van der Waals surface area contributed by atoms with Crippen molar-refractivity contribution in [1.29, 1.82) is 0 Å². The number of aliphatic hydroxyl groups is 1. The molecule has 124 valence electrons. The molecule has 0 bridgehead atoms. The molecule has 0 amide bonds. The van der Waals surface area contributed by atoms with Crippen molar-refractivity contribution in [3.05, 3.63) is 28.2 Å². The van der Waals surface area contributed by atoms with E-state index in [2.05, 4.69) is 9.97 Å². The lowest BCUT2D eigenvalue weighted by Crippen LogP contribution is -2.38. The van der Waals surface area contributed by atoms with Gasteiger partial charge < -0.3 is 5.11 Å². The second kappa shape index (κ2) is 5.83. The van der Waals surface area contributed by atoms with E-state index in [9.17, 15) is 18.7 Å². The van der Waals surface area contributed by atoms with Crippen LogP contribution in [0.4, 0.5) is 8.78 Å². The zero-order valence-electron chi connectivity index (χ0n) is 12.8. The third-order valence-electron chi connectivity index (χ3n) is 4.39. The van der Waals surface area contributed by atoms with E-state index in [1.54, 1.807) is 13.2 Å². The molecule has 8 heteroatoms. The Labute approximate surface area is 135 Å². The summed E-state index contributed by atoms with van der Waals surface area (Å²) in [6.07, 6.45) is 2.15. The van der Waals surface area contributed by atoms with Crippen molar-refractivity contribution < 1.29 is 13.9 Å². The Bertz CT molecular complexity index is 807. The van der Waals surface area contributed by atoms with Gasteiger partial charge in [-0.25, -0.2) is 18.7 Å². The van der Waals surface area contributed by atoms with Gasteiger partial charge in [0.1, 0.15) is 5.65 Å². The minimum Gasteiger partial charge on any atom is -0.388 e. The van der Waals surface area contributed by atoms with Crippen molar-refractivity contribution >= 4 is 22.8 Å². The second-order valence-electron chi connectivity index (χ2n) is 5.98. The Morgan fingerprint density at radius 3 is 2.83 bits per heavy atom. The molecule has 0 saturated heterocycles.